The molecule has 0 unspecified atom stereocenters. The summed E-state index contributed by atoms with van der Waals surface area (Å²) in [5.41, 5.74) is 2.36. The van der Waals surface area contributed by atoms with E-state index in [4.69, 9.17) is 16.3 Å². The molecule has 2 atom stereocenters. The molecule has 0 spiro atoms. The number of carbonyl (C=O) groups is 1. The number of anilines is 1. The second kappa shape index (κ2) is 9.50. The zero-order valence-electron chi connectivity index (χ0n) is 17.3. The van der Waals surface area contributed by atoms with Gasteiger partial charge in [-0.2, -0.15) is 0 Å². The molecule has 1 N–H and O–H groups in total. The topological polar surface area (TPSA) is 75.7 Å². The summed E-state index contributed by atoms with van der Waals surface area (Å²) in [4.78, 5) is 12.9. The van der Waals surface area contributed by atoms with E-state index < -0.39 is 22.0 Å². The number of hydrogen-bond acceptors (Lipinski definition) is 4. The molecule has 0 aliphatic heterocycles. The van der Waals surface area contributed by atoms with Gasteiger partial charge in [-0.1, -0.05) is 42.8 Å². The van der Waals surface area contributed by atoms with Crippen LogP contribution in [0.5, 0.6) is 5.75 Å². The maximum Gasteiger partial charge on any atom is 0.244 e. The smallest absolute Gasteiger partial charge is 0.244 e. The average Bonchev–Trinajstić information content (AvgIpc) is 2.67. The van der Waals surface area contributed by atoms with Gasteiger partial charge in [0.15, 0.2) is 0 Å². The predicted molar refractivity (Wildman–Crippen MR) is 117 cm³/mol. The number of sulfonamides is 1. The van der Waals surface area contributed by atoms with Gasteiger partial charge in [0.1, 0.15) is 11.8 Å². The van der Waals surface area contributed by atoms with E-state index in [0.29, 0.717) is 10.8 Å². The largest absolute Gasteiger partial charge is 0.495 e. The van der Waals surface area contributed by atoms with Crippen LogP contribution in [0.25, 0.3) is 0 Å². The van der Waals surface area contributed by atoms with Crippen LogP contribution < -0.4 is 14.4 Å². The maximum atomic E-state index is 12.9. The molecule has 1 amide bonds. The fourth-order valence-electron chi connectivity index (χ4n) is 3.08. The highest BCUT2D eigenvalue weighted by molar-refractivity contribution is 7.92. The van der Waals surface area contributed by atoms with Crippen molar-refractivity contribution in [3.8, 4) is 5.75 Å². The molecule has 0 radical (unpaired) electrons. The quantitative estimate of drug-likeness (QED) is 0.677. The standard InChI is InChI=1S/C21H27ClN2O4S/c1-6-16-7-9-17(10-8-16)14(2)23-21(25)15(3)24(29(5,26)27)19-13-18(22)11-12-20(19)28-4/h7-15H,6H2,1-5H3,(H,23,25)/t14-,15+/m0/s1. The summed E-state index contributed by atoms with van der Waals surface area (Å²) in [7, 11) is -2.36. The zero-order valence-corrected chi connectivity index (χ0v) is 18.8. The van der Waals surface area contributed by atoms with E-state index in [-0.39, 0.29) is 11.7 Å². The highest BCUT2D eigenvalue weighted by Crippen LogP contribution is 2.34. The first-order valence-corrected chi connectivity index (χ1v) is 11.5. The number of nitrogens with one attached hydrogen (secondary N) is 1. The SMILES string of the molecule is CCc1ccc([C@H](C)NC(=O)[C@@H](C)N(c2cc(Cl)ccc2OC)S(C)(=O)=O)cc1. The van der Waals surface area contributed by atoms with Crippen LogP contribution in [0.15, 0.2) is 42.5 Å². The third-order valence-corrected chi connectivity index (χ3v) is 6.18. The number of aryl methyl sites for hydroxylation is 1. The second-order valence-electron chi connectivity index (χ2n) is 6.88. The molecule has 2 aromatic carbocycles. The van der Waals surface area contributed by atoms with Crippen molar-refractivity contribution in [2.75, 3.05) is 17.7 Å². The van der Waals surface area contributed by atoms with Crippen molar-refractivity contribution < 1.29 is 17.9 Å². The molecule has 0 heterocycles. The summed E-state index contributed by atoms with van der Waals surface area (Å²) in [5, 5.41) is 3.23. The molecule has 0 saturated carbocycles. The number of ether oxygens (including phenoxy) is 1. The number of hydrogen-bond donors (Lipinski definition) is 1. The van der Waals surface area contributed by atoms with Crippen LogP contribution in [0, 0.1) is 0 Å². The van der Waals surface area contributed by atoms with E-state index in [1.807, 2.05) is 31.2 Å². The molecule has 29 heavy (non-hydrogen) atoms. The number of methoxy groups -OCH3 is 1. The molecule has 0 aliphatic rings. The minimum atomic E-state index is -3.79. The Morgan fingerprint density at radius 3 is 2.31 bits per heavy atom. The minimum Gasteiger partial charge on any atom is -0.495 e. The van der Waals surface area contributed by atoms with Crippen molar-refractivity contribution in [2.24, 2.45) is 0 Å². The molecule has 0 saturated heterocycles. The van der Waals surface area contributed by atoms with Gasteiger partial charge in [-0.25, -0.2) is 8.42 Å². The first kappa shape index (κ1) is 23.0. The van der Waals surface area contributed by atoms with E-state index in [2.05, 4.69) is 12.2 Å². The van der Waals surface area contributed by atoms with Crippen LogP contribution >= 0.6 is 11.6 Å². The lowest BCUT2D eigenvalue weighted by Crippen LogP contribution is -2.48. The van der Waals surface area contributed by atoms with Crippen molar-refractivity contribution in [1.29, 1.82) is 0 Å². The number of halogens is 1. The first-order valence-electron chi connectivity index (χ1n) is 9.30. The Labute approximate surface area is 177 Å². The second-order valence-corrected chi connectivity index (χ2v) is 9.17. The van der Waals surface area contributed by atoms with Gasteiger partial charge in [0, 0.05) is 5.02 Å². The maximum absolute atomic E-state index is 12.9. The van der Waals surface area contributed by atoms with Gasteiger partial charge in [0.05, 0.1) is 25.1 Å². The normalized spacial score (nSPS) is 13.4. The predicted octanol–water partition coefficient (Wildman–Crippen LogP) is 3.94. The summed E-state index contributed by atoms with van der Waals surface area (Å²) in [6, 6.07) is 11.3. The van der Waals surface area contributed by atoms with Crippen molar-refractivity contribution in [3.05, 3.63) is 58.6 Å². The Hall–Kier alpha value is -2.25. The number of carbonyl (C=O) groups excluding carboxylic acids is 1. The Morgan fingerprint density at radius 2 is 1.79 bits per heavy atom. The summed E-state index contributed by atoms with van der Waals surface area (Å²) < 4.78 is 31.4. The molecule has 2 rings (SSSR count). The van der Waals surface area contributed by atoms with Crippen LogP contribution in [0.2, 0.25) is 5.02 Å². The third-order valence-electron chi connectivity index (χ3n) is 4.71. The van der Waals surface area contributed by atoms with Crippen molar-refractivity contribution in [3.63, 3.8) is 0 Å². The van der Waals surface area contributed by atoms with Crippen molar-refractivity contribution >= 4 is 33.2 Å². The van der Waals surface area contributed by atoms with E-state index in [1.54, 1.807) is 12.1 Å². The van der Waals surface area contributed by atoms with Crippen LogP contribution in [0.3, 0.4) is 0 Å². The Morgan fingerprint density at radius 1 is 1.17 bits per heavy atom. The average molecular weight is 439 g/mol. The fourth-order valence-corrected chi connectivity index (χ4v) is 4.41. The Balaban J connectivity index is 2.30. The number of amides is 1. The number of nitrogens with zero attached hydrogens (tertiary/aromatic N) is 1. The van der Waals surface area contributed by atoms with Gasteiger partial charge in [-0.15, -0.1) is 0 Å². The molecule has 0 aliphatic carbocycles. The Bertz CT molecular complexity index is 961. The lowest BCUT2D eigenvalue weighted by atomic mass is 10.0. The molecule has 0 aromatic heterocycles. The van der Waals surface area contributed by atoms with Gasteiger partial charge in [0.25, 0.3) is 0 Å². The molecular formula is C21H27ClN2O4S. The van der Waals surface area contributed by atoms with Gasteiger partial charge >= 0.3 is 0 Å². The molecule has 2 aromatic rings. The summed E-state index contributed by atoms with van der Waals surface area (Å²) in [6.45, 7) is 5.46. The van der Waals surface area contributed by atoms with E-state index in [1.165, 1.54) is 25.7 Å². The number of benzene rings is 2. The Kier molecular flexibility index (Phi) is 7.54. The van der Waals surface area contributed by atoms with Crippen LogP contribution in [0.4, 0.5) is 5.69 Å². The number of rotatable bonds is 8. The molecule has 6 nitrogen and oxygen atoms in total. The first-order chi connectivity index (χ1) is 13.6. The van der Waals surface area contributed by atoms with Gasteiger partial charge in [0.2, 0.25) is 15.9 Å². The molecule has 0 fully saturated rings. The van der Waals surface area contributed by atoms with Crippen molar-refractivity contribution in [1.82, 2.24) is 5.32 Å². The van der Waals surface area contributed by atoms with Crippen molar-refractivity contribution in [2.45, 2.75) is 39.3 Å². The van der Waals surface area contributed by atoms with Crippen LogP contribution in [0.1, 0.15) is 37.9 Å². The van der Waals surface area contributed by atoms with E-state index >= 15 is 0 Å². The third kappa shape index (κ3) is 5.64. The molecule has 8 heteroatoms. The van der Waals surface area contributed by atoms with Gasteiger partial charge in [-0.3, -0.25) is 9.10 Å². The van der Waals surface area contributed by atoms with Crippen LogP contribution in [-0.2, 0) is 21.2 Å². The van der Waals surface area contributed by atoms with Gasteiger partial charge < -0.3 is 10.1 Å². The van der Waals surface area contributed by atoms with E-state index in [0.717, 1.165) is 22.5 Å². The van der Waals surface area contributed by atoms with E-state index in [9.17, 15) is 13.2 Å². The summed E-state index contributed by atoms with van der Waals surface area (Å²) in [5.74, 6) is -0.118. The minimum absolute atomic E-state index is 0.213. The lowest BCUT2D eigenvalue weighted by molar-refractivity contribution is -0.122. The van der Waals surface area contributed by atoms with Gasteiger partial charge in [-0.05, 0) is 49.6 Å². The highest BCUT2D eigenvalue weighted by atomic mass is 35.5. The monoisotopic (exact) mass is 438 g/mol. The fraction of sp³-hybridized carbons (Fsp3) is 0.381. The lowest BCUT2D eigenvalue weighted by Gasteiger charge is -2.30. The highest BCUT2D eigenvalue weighted by Gasteiger charge is 2.32. The van der Waals surface area contributed by atoms with Crippen LogP contribution in [-0.4, -0.2) is 33.7 Å². The summed E-state index contributed by atoms with van der Waals surface area (Å²) >= 11 is 6.06. The molecular weight excluding hydrogens is 412 g/mol. The molecule has 158 valence electrons. The molecule has 0 bridgehead atoms. The summed E-state index contributed by atoms with van der Waals surface area (Å²) in [6.07, 6.45) is 1.98. The zero-order chi connectivity index (χ0) is 21.8.